The van der Waals surface area contributed by atoms with E-state index in [4.69, 9.17) is 4.74 Å². The SMILES string of the molecule is O=C1N/C(=C/c2ccc(N3CCOCC3)c([N+](=O)[O-])c2)C(=O)N1c1ccccc1. The molecule has 29 heavy (non-hydrogen) atoms. The predicted octanol–water partition coefficient (Wildman–Crippen LogP) is 2.53. The number of hydrogen-bond donors (Lipinski definition) is 1. The lowest BCUT2D eigenvalue weighted by atomic mass is 10.1. The minimum atomic E-state index is -0.563. The molecule has 2 saturated heterocycles. The van der Waals surface area contributed by atoms with E-state index in [1.54, 1.807) is 42.5 Å². The van der Waals surface area contributed by atoms with Gasteiger partial charge in [-0.1, -0.05) is 24.3 Å². The molecule has 2 heterocycles. The third-order valence-electron chi connectivity index (χ3n) is 4.75. The van der Waals surface area contributed by atoms with Crippen LogP contribution in [-0.4, -0.2) is 43.2 Å². The van der Waals surface area contributed by atoms with Crippen LogP contribution in [0.2, 0.25) is 0 Å². The van der Waals surface area contributed by atoms with Gasteiger partial charge in [0.1, 0.15) is 11.4 Å². The number of carbonyl (C=O) groups is 2. The quantitative estimate of drug-likeness (QED) is 0.370. The summed E-state index contributed by atoms with van der Waals surface area (Å²) < 4.78 is 5.30. The van der Waals surface area contributed by atoms with Crippen molar-refractivity contribution in [2.45, 2.75) is 0 Å². The van der Waals surface area contributed by atoms with Crippen LogP contribution in [0.15, 0.2) is 54.2 Å². The fourth-order valence-electron chi connectivity index (χ4n) is 3.36. The molecular formula is C20H18N4O5. The first kappa shape index (κ1) is 18.6. The third kappa shape index (κ3) is 3.67. The number of nitro benzene ring substituents is 1. The van der Waals surface area contributed by atoms with Crippen molar-refractivity contribution in [2.75, 3.05) is 36.1 Å². The maximum atomic E-state index is 12.7. The summed E-state index contributed by atoms with van der Waals surface area (Å²) in [5, 5.41) is 14.1. The van der Waals surface area contributed by atoms with Crippen LogP contribution in [0.3, 0.4) is 0 Å². The molecule has 2 aromatic rings. The minimum absolute atomic E-state index is 0.0575. The summed E-state index contributed by atoms with van der Waals surface area (Å²) in [6.07, 6.45) is 1.44. The number of rotatable bonds is 4. The zero-order valence-corrected chi connectivity index (χ0v) is 15.4. The van der Waals surface area contributed by atoms with E-state index in [1.807, 2.05) is 4.90 Å². The number of hydrogen-bond acceptors (Lipinski definition) is 6. The summed E-state index contributed by atoms with van der Waals surface area (Å²) in [5.74, 6) is -0.513. The van der Waals surface area contributed by atoms with Gasteiger partial charge in [0, 0.05) is 19.2 Å². The number of ether oxygens (including phenoxy) is 1. The van der Waals surface area contributed by atoms with E-state index in [0.717, 1.165) is 4.90 Å². The highest BCUT2D eigenvalue weighted by Crippen LogP contribution is 2.31. The summed E-state index contributed by atoms with van der Waals surface area (Å²) in [7, 11) is 0. The molecule has 0 radical (unpaired) electrons. The molecule has 2 aromatic carbocycles. The number of carbonyl (C=O) groups excluding carboxylic acids is 2. The van der Waals surface area contributed by atoms with Gasteiger partial charge in [-0.05, 0) is 29.8 Å². The Morgan fingerprint density at radius 1 is 1.07 bits per heavy atom. The van der Waals surface area contributed by atoms with Crippen molar-refractivity contribution < 1.29 is 19.2 Å². The first-order chi connectivity index (χ1) is 14.0. The monoisotopic (exact) mass is 394 g/mol. The van der Waals surface area contributed by atoms with Crippen molar-refractivity contribution in [3.8, 4) is 0 Å². The van der Waals surface area contributed by atoms with Gasteiger partial charge in [0.2, 0.25) is 0 Å². The molecule has 2 aliphatic rings. The lowest BCUT2D eigenvalue weighted by Gasteiger charge is -2.28. The molecule has 3 amide bonds. The van der Waals surface area contributed by atoms with E-state index in [2.05, 4.69) is 5.32 Å². The molecule has 0 unspecified atom stereocenters. The van der Waals surface area contributed by atoms with Gasteiger partial charge in [-0.25, -0.2) is 9.69 Å². The van der Waals surface area contributed by atoms with Gasteiger partial charge < -0.3 is 15.0 Å². The van der Waals surface area contributed by atoms with E-state index in [0.29, 0.717) is 43.2 Å². The van der Waals surface area contributed by atoms with E-state index in [-0.39, 0.29) is 11.4 Å². The van der Waals surface area contributed by atoms with Crippen LogP contribution in [0.5, 0.6) is 0 Å². The Hall–Kier alpha value is -3.72. The zero-order valence-electron chi connectivity index (χ0n) is 15.4. The normalized spacial score (nSPS) is 18.3. The van der Waals surface area contributed by atoms with Gasteiger partial charge >= 0.3 is 6.03 Å². The molecule has 0 aliphatic carbocycles. The Morgan fingerprint density at radius 3 is 2.48 bits per heavy atom. The minimum Gasteiger partial charge on any atom is -0.378 e. The Morgan fingerprint density at radius 2 is 1.79 bits per heavy atom. The first-order valence-corrected chi connectivity index (χ1v) is 9.08. The fourth-order valence-corrected chi connectivity index (χ4v) is 3.36. The van der Waals surface area contributed by atoms with Gasteiger partial charge in [0.25, 0.3) is 11.6 Å². The Bertz CT molecular complexity index is 999. The summed E-state index contributed by atoms with van der Waals surface area (Å²) in [6.45, 7) is 2.17. The number of amides is 3. The van der Waals surface area contributed by atoms with Gasteiger partial charge in [-0.3, -0.25) is 14.9 Å². The van der Waals surface area contributed by atoms with Crippen LogP contribution in [-0.2, 0) is 9.53 Å². The van der Waals surface area contributed by atoms with Crippen molar-refractivity contribution in [1.29, 1.82) is 0 Å². The Labute approximate surface area is 166 Å². The summed E-state index contributed by atoms with van der Waals surface area (Å²) in [5.41, 5.74) is 1.41. The van der Waals surface area contributed by atoms with Crippen molar-refractivity contribution in [1.82, 2.24) is 5.32 Å². The second-order valence-corrected chi connectivity index (χ2v) is 6.57. The van der Waals surface area contributed by atoms with Crippen LogP contribution >= 0.6 is 0 Å². The van der Waals surface area contributed by atoms with Crippen LogP contribution in [0.25, 0.3) is 6.08 Å². The lowest BCUT2D eigenvalue weighted by Crippen LogP contribution is -2.36. The average molecular weight is 394 g/mol. The molecule has 4 rings (SSSR count). The molecule has 1 N–H and O–H groups in total. The van der Waals surface area contributed by atoms with Gasteiger partial charge in [-0.15, -0.1) is 0 Å². The molecule has 0 atom stereocenters. The maximum absolute atomic E-state index is 12.7. The number of nitro groups is 1. The molecule has 0 aromatic heterocycles. The first-order valence-electron chi connectivity index (χ1n) is 9.08. The van der Waals surface area contributed by atoms with Crippen molar-refractivity contribution in [2.24, 2.45) is 0 Å². The Balaban J connectivity index is 1.64. The van der Waals surface area contributed by atoms with Crippen LogP contribution < -0.4 is 15.1 Å². The molecule has 9 nitrogen and oxygen atoms in total. The number of urea groups is 1. The number of morpholine rings is 1. The third-order valence-corrected chi connectivity index (χ3v) is 4.75. The average Bonchev–Trinajstić information content (AvgIpc) is 3.02. The van der Waals surface area contributed by atoms with Gasteiger partial charge in [0.15, 0.2) is 0 Å². The molecule has 9 heteroatoms. The molecule has 0 saturated carbocycles. The zero-order chi connectivity index (χ0) is 20.4. The van der Waals surface area contributed by atoms with Crippen LogP contribution in [0.4, 0.5) is 21.9 Å². The number of para-hydroxylation sites is 1. The van der Waals surface area contributed by atoms with Gasteiger partial charge in [-0.2, -0.15) is 0 Å². The number of imide groups is 1. The van der Waals surface area contributed by atoms with E-state index < -0.39 is 16.9 Å². The second kappa shape index (κ2) is 7.72. The summed E-state index contributed by atoms with van der Waals surface area (Å²) >= 11 is 0. The molecular weight excluding hydrogens is 376 g/mol. The molecule has 2 fully saturated rings. The maximum Gasteiger partial charge on any atom is 0.333 e. The number of nitrogens with zero attached hydrogens (tertiary/aromatic N) is 3. The highest BCUT2D eigenvalue weighted by atomic mass is 16.6. The lowest BCUT2D eigenvalue weighted by molar-refractivity contribution is -0.384. The summed E-state index contributed by atoms with van der Waals surface area (Å²) in [6, 6.07) is 12.7. The number of benzene rings is 2. The predicted molar refractivity (Wildman–Crippen MR) is 107 cm³/mol. The number of anilines is 2. The smallest absolute Gasteiger partial charge is 0.333 e. The van der Waals surface area contributed by atoms with Crippen LogP contribution in [0, 0.1) is 10.1 Å². The van der Waals surface area contributed by atoms with Crippen LogP contribution in [0.1, 0.15) is 5.56 Å². The molecule has 148 valence electrons. The van der Waals surface area contributed by atoms with Crippen molar-refractivity contribution in [3.63, 3.8) is 0 Å². The van der Waals surface area contributed by atoms with Crippen molar-refractivity contribution in [3.05, 3.63) is 69.9 Å². The molecule has 2 aliphatic heterocycles. The van der Waals surface area contributed by atoms with Gasteiger partial charge in [0.05, 0.1) is 23.8 Å². The van der Waals surface area contributed by atoms with E-state index in [1.165, 1.54) is 12.1 Å². The van der Waals surface area contributed by atoms with E-state index >= 15 is 0 Å². The second-order valence-electron chi connectivity index (χ2n) is 6.57. The topological polar surface area (TPSA) is 105 Å². The highest BCUT2D eigenvalue weighted by Gasteiger charge is 2.34. The molecule has 0 spiro atoms. The molecule has 0 bridgehead atoms. The fraction of sp³-hybridized carbons (Fsp3) is 0.200. The highest BCUT2D eigenvalue weighted by molar-refractivity contribution is 6.28. The summed E-state index contributed by atoms with van der Waals surface area (Å²) in [4.78, 5) is 39.0. The Kier molecular flexibility index (Phi) is 4.96. The standard InChI is InChI=1S/C20H18N4O5/c25-19-16(21-20(26)23(19)15-4-2-1-3-5-15)12-14-6-7-17(18(13-14)24(27)28)22-8-10-29-11-9-22/h1-7,12-13H,8-11H2,(H,21,26)/b16-12+. The van der Waals surface area contributed by atoms with E-state index in [9.17, 15) is 19.7 Å². The number of nitrogens with one attached hydrogen (secondary N) is 1. The van der Waals surface area contributed by atoms with Crippen molar-refractivity contribution >= 4 is 35.1 Å². The largest absolute Gasteiger partial charge is 0.378 e.